The van der Waals surface area contributed by atoms with E-state index in [9.17, 15) is 4.79 Å². The van der Waals surface area contributed by atoms with Crippen LogP contribution in [0.4, 0.5) is 0 Å². The Morgan fingerprint density at radius 3 is 2.67 bits per heavy atom. The van der Waals surface area contributed by atoms with Crippen molar-refractivity contribution in [2.45, 2.75) is 25.7 Å². The van der Waals surface area contributed by atoms with E-state index >= 15 is 0 Å². The van der Waals surface area contributed by atoms with Crippen LogP contribution in [0.15, 0.2) is 0 Å². The third kappa shape index (κ3) is 3.69. The summed E-state index contributed by atoms with van der Waals surface area (Å²) in [4.78, 5) is 16.6. The molecule has 2 saturated heterocycles. The minimum atomic E-state index is 0.266. The Hall–Kier alpha value is -0.610. The predicted molar refractivity (Wildman–Crippen MR) is 73.5 cm³/mol. The quantitative estimate of drug-likeness (QED) is 0.804. The molecule has 4 heteroatoms. The lowest BCUT2D eigenvalue weighted by Crippen LogP contribution is -2.39. The summed E-state index contributed by atoms with van der Waals surface area (Å²) in [5, 5.41) is 3.31. The molecular weight excluding hydrogens is 226 g/mol. The molecule has 1 atom stereocenters. The lowest BCUT2D eigenvalue weighted by atomic mass is 9.96. The molecule has 2 rings (SSSR count). The highest BCUT2D eigenvalue weighted by atomic mass is 16.2. The molecule has 0 aromatic heterocycles. The average molecular weight is 253 g/mol. The van der Waals surface area contributed by atoms with E-state index in [0.717, 1.165) is 44.8 Å². The van der Waals surface area contributed by atoms with E-state index in [-0.39, 0.29) is 5.92 Å². The molecule has 0 aliphatic carbocycles. The minimum Gasteiger partial charge on any atom is -0.346 e. The highest BCUT2D eigenvalue weighted by Gasteiger charge is 2.25. The summed E-state index contributed by atoms with van der Waals surface area (Å²) in [6.07, 6.45) is 4.48. The topological polar surface area (TPSA) is 35.6 Å². The number of hydrogen-bond acceptors (Lipinski definition) is 3. The molecule has 0 aromatic carbocycles. The second-order valence-electron chi connectivity index (χ2n) is 5.99. The van der Waals surface area contributed by atoms with Gasteiger partial charge in [0, 0.05) is 26.1 Å². The Morgan fingerprint density at radius 1 is 1.33 bits per heavy atom. The van der Waals surface area contributed by atoms with Crippen LogP contribution < -0.4 is 5.32 Å². The fourth-order valence-electron chi connectivity index (χ4n) is 3.13. The van der Waals surface area contributed by atoms with Gasteiger partial charge in [-0.05, 0) is 58.3 Å². The molecule has 1 N–H and O–H groups in total. The van der Waals surface area contributed by atoms with Crippen molar-refractivity contribution in [3.05, 3.63) is 0 Å². The Bertz CT molecular complexity index is 276. The van der Waals surface area contributed by atoms with Crippen LogP contribution in [0.2, 0.25) is 0 Å². The summed E-state index contributed by atoms with van der Waals surface area (Å²) >= 11 is 0. The SMILES string of the molecule is CN1CCC(CCN(C)C(=O)C2CCNCC2)C1. The standard InChI is InChI=1S/C14H27N3O/c1-16-9-5-12(11-16)6-10-17(2)14(18)13-3-7-15-8-4-13/h12-13,15H,3-11H2,1-2H3. The molecule has 1 unspecified atom stereocenters. The zero-order chi connectivity index (χ0) is 13.0. The first kappa shape index (κ1) is 13.8. The van der Waals surface area contributed by atoms with Gasteiger partial charge in [0.05, 0.1) is 0 Å². The van der Waals surface area contributed by atoms with Crippen molar-refractivity contribution >= 4 is 5.91 Å². The molecule has 4 nitrogen and oxygen atoms in total. The molecule has 2 fully saturated rings. The normalized spacial score (nSPS) is 26.4. The zero-order valence-electron chi connectivity index (χ0n) is 11.8. The van der Waals surface area contributed by atoms with Crippen LogP contribution in [-0.4, -0.2) is 62.5 Å². The largest absolute Gasteiger partial charge is 0.346 e. The van der Waals surface area contributed by atoms with Crippen LogP contribution >= 0.6 is 0 Å². The number of carbonyl (C=O) groups is 1. The number of hydrogen-bond donors (Lipinski definition) is 1. The molecule has 18 heavy (non-hydrogen) atoms. The van der Waals surface area contributed by atoms with Gasteiger partial charge in [0.1, 0.15) is 0 Å². The van der Waals surface area contributed by atoms with E-state index in [1.807, 2.05) is 11.9 Å². The third-order valence-electron chi connectivity index (χ3n) is 4.43. The molecule has 2 heterocycles. The Labute approximate surface area is 111 Å². The maximum Gasteiger partial charge on any atom is 0.225 e. The summed E-state index contributed by atoms with van der Waals surface area (Å²) in [5.41, 5.74) is 0. The Kier molecular flexibility index (Phi) is 5.01. The number of rotatable bonds is 4. The summed E-state index contributed by atoms with van der Waals surface area (Å²) < 4.78 is 0. The van der Waals surface area contributed by atoms with Gasteiger partial charge >= 0.3 is 0 Å². The van der Waals surface area contributed by atoms with Crippen molar-refractivity contribution in [2.75, 3.05) is 46.8 Å². The van der Waals surface area contributed by atoms with Crippen molar-refractivity contribution in [1.29, 1.82) is 0 Å². The van der Waals surface area contributed by atoms with Crippen LogP contribution in [0.25, 0.3) is 0 Å². The maximum absolute atomic E-state index is 12.3. The first-order valence-corrected chi connectivity index (χ1v) is 7.31. The molecular formula is C14H27N3O. The van der Waals surface area contributed by atoms with E-state index < -0.39 is 0 Å². The summed E-state index contributed by atoms with van der Waals surface area (Å²) in [6.45, 7) is 5.35. The molecule has 0 aromatic rings. The lowest BCUT2D eigenvalue weighted by molar-refractivity contribution is -0.135. The van der Waals surface area contributed by atoms with Crippen LogP contribution in [0, 0.1) is 11.8 Å². The van der Waals surface area contributed by atoms with E-state index in [0.29, 0.717) is 5.91 Å². The lowest BCUT2D eigenvalue weighted by Gasteiger charge is -2.27. The molecule has 0 saturated carbocycles. The highest BCUT2D eigenvalue weighted by Crippen LogP contribution is 2.19. The summed E-state index contributed by atoms with van der Waals surface area (Å²) in [7, 11) is 4.16. The first-order valence-electron chi connectivity index (χ1n) is 7.31. The Morgan fingerprint density at radius 2 is 2.06 bits per heavy atom. The van der Waals surface area contributed by atoms with E-state index in [1.54, 1.807) is 0 Å². The van der Waals surface area contributed by atoms with Gasteiger partial charge < -0.3 is 15.1 Å². The molecule has 0 bridgehead atoms. The molecule has 0 radical (unpaired) electrons. The minimum absolute atomic E-state index is 0.266. The number of carbonyl (C=O) groups excluding carboxylic acids is 1. The Balaban J connectivity index is 1.70. The van der Waals surface area contributed by atoms with E-state index in [2.05, 4.69) is 17.3 Å². The molecule has 0 spiro atoms. The van der Waals surface area contributed by atoms with Gasteiger partial charge in [0.2, 0.25) is 5.91 Å². The van der Waals surface area contributed by atoms with Gasteiger partial charge in [-0.2, -0.15) is 0 Å². The smallest absolute Gasteiger partial charge is 0.225 e. The first-order chi connectivity index (χ1) is 8.66. The van der Waals surface area contributed by atoms with Gasteiger partial charge in [-0.15, -0.1) is 0 Å². The fraction of sp³-hybridized carbons (Fsp3) is 0.929. The number of nitrogens with zero attached hydrogens (tertiary/aromatic N) is 2. The molecule has 2 aliphatic heterocycles. The molecule has 1 amide bonds. The summed E-state index contributed by atoms with van der Waals surface area (Å²) in [5.74, 6) is 1.42. The second-order valence-corrected chi connectivity index (χ2v) is 5.99. The number of piperidine rings is 1. The maximum atomic E-state index is 12.3. The van der Waals surface area contributed by atoms with E-state index in [1.165, 1.54) is 19.5 Å². The fourth-order valence-corrected chi connectivity index (χ4v) is 3.13. The average Bonchev–Trinajstić information content (AvgIpc) is 2.82. The molecule has 2 aliphatic rings. The highest BCUT2D eigenvalue weighted by molar-refractivity contribution is 5.78. The monoisotopic (exact) mass is 253 g/mol. The molecule has 104 valence electrons. The van der Waals surface area contributed by atoms with E-state index in [4.69, 9.17) is 0 Å². The van der Waals surface area contributed by atoms with Crippen molar-refractivity contribution in [3.63, 3.8) is 0 Å². The van der Waals surface area contributed by atoms with Crippen LogP contribution in [0.5, 0.6) is 0 Å². The second kappa shape index (κ2) is 6.53. The van der Waals surface area contributed by atoms with Crippen molar-refractivity contribution in [2.24, 2.45) is 11.8 Å². The van der Waals surface area contributed by atoms with Gasteiger partial charge in [0.15, 0.2) is 0 Å². The van der Waals surface area contributed by atoms with Gasteiger partial charge in [-0.1, -0.05) is 0 Å². The number of amides is 1. The zero-order valence-corrected chi connectivity index (χ0v) is 11.8. The third-order valence-corrected chi connectivity index (χ3v) is 4.43. The van der Waals surface area contributed by atoms with Crippen molar-refractivity contribution < 1.29 is 4.79 Å². The van der Waals surface area contributed by atoms with Crippen LogP contribution in [-0.2, 0) is 4.79 Å². The predicted octanol–water partition coefficient (Wildman–Crippen LogP) is 0.786. The number of nitrogens with one attached hydrogen (secondary N) is 1. The van der Waals surface area contributed by atoms with Gasteiger partial charge in [0.25, 0.3) is 0 Å². The van der Waals surface area contributed by atoms with Crippen molar-refractivity contribution in [3.8, 4) is 0 Å². The van der Waals surface area contributed by atoms with Gasteiger partial charge in [-0.3, -0.25) is 4.79 Å². The van der Waals surface area contributed by atoms with Crippen molar-refractivity contribution in [1.82, 2.24) is 15.1 Å². The number of likely N-dealkylation sites (tertiary alicyclic amines) is 1. The summed E-state index contributed by atoms with van der Waals surface area (Å²) in [6, 6.07) is 0. The van der Waals surface area contributed by atoms with Gasteiger partial charge in [-0.25, -0.2) is 0 Å². The van der Waals surface area contributed by atoms with Crippen LogP contribution in [0.1, 0.15) is 25.7 Å². The van der Waals surface area contributed by atoms with Crippen LogP contribution in [0.3, 0.4) is 0 Å².